The van der Waals surface area contributed by atoms with Gasteiger partial charge in [0.25, 0.3) is 5.56 Å². The second-order valence-electron chi connectivity index (χ2n) is 7.37. The quantitative estimate of drug-likeness (QED) is 0.649. The molecule has 0 aliphatic carbocycles. The van der Waals surface area contributed by atoms with E-state index in [0.717, 1.165) is 25.2 Å². The molecule has 0 unspecified atom stereocenters. The number of H-pyrrole nitrogens is 1. The molecule has 150 valence electrons. The first-order chi connectivity index (χ1) is 13.4. The van der Waals surface area contributed by atoms with Gasteiger partial charge in [-0.3, -0.25) is 19.2 Å². The molecule has 7 nitrogen and oxygen atoms in total. The van der Waals surface area contributed by atoms with Crippen LogP contribution in [0.3, 0.4) is 0 Å². The van der Waals surface area contributed by atoms with Crippen molar-refractivity contribution >= 4 is 11.2 Å². The summed E-state index contributed by atoms with van der Waals surface area (Å²) >= 11 is 0. The highest BCUT2D eigenvalue weighted by atomic mass is 16.2. The zero-order valence-corrected chi connectivity index (χ0v) is 17.2. The number of imidazole rings is 1. The van der Waals surface area contributed by atoms with E-state index in [2.05, 4.69) is 48.0 Å². The maximum absolute atomic E-state index is 12.5. The van der Waals surface area contributed by atoms with Crippen molar-refractivity contribution in [1.82, 2.24) is 24.0 Å². The van der Waals surface area contributed by atoms with Gasteiger partial charge in [-0.25, -0.2) is 9.78 Å². The number of hydrogen-bond donors (Lipinski definition) is 1. The van der Waals surface area contributed by atoms with E-state index in [0.29, 0.717) is 30.8 Å². The van der Waals surface area contributed by atoms with Crippen molar-refractivity contribution in [3.8, 4) is 0 Å². The van der Waals surface area contributed by atoms with Gasteiger partial charge in [0.1, 0.15) is 5.82 Å². The smallest absolute Gasteiger partial charge is 0.321 e. The highest BCUT2D eigenvalue weighted by Gasteiger charge is 2.18. The zero-order valence-electron chi connectivity index (χ0n) is 17.2. The highest BCUT2D eigenvalue weighted by molar-refractivity contribution is 5.71. The second kappa shape index (κ2) is 8.56. The molecule has 0 atom stereocenters. The normalized spacial score (nSPS) is 11.6. The van der Waals surface area contributed by atoms with Crippen LogP contribution < -0.4 is 11.2 Å². The van der Waals surface area contributed by atoms with Crippen molar-refractivity contribution < 1.29 is 0 Å². The first-order valence-corrected chi connectivity index (χ1v) is 9.90. The fraction of sp³-hybridized carbons (Fsp3) is 0.476. The Hall–Kier alpha value is -2.67. The van der Waals surface area contributed by atoms with Crippen LogP contribution >= 0.6 is 0 Å². The van der Waals surface area contributed by atoms with Crippen LogP contribution in [0.5, 0.6) is 0 Å². The van der Waals surface area contributed by atoms with E-state index in [9.17, 15) is 9.59 Å². The summed E-state index contributed by atoms with van der Waals surface area (Å²) in [6.45, 7) is 8.70. The van der Waals surface area contributed by atoms with Gasteiger partial charge in [0.05, 0.1) is 6.54 Å². The van der Waals surface area contributed by atoms with Crippen molar-refractivity contribution in [2.24, 2.45) is 0 Å². The molecule has 0 saturated carbocycles. The summed E-state index contributed by atoms with van der Waals surface area (Å²) in [7, 11) is 2.04. The molecule has 0 spiro atoms. The number of unbranched alkanes of at least 4 members (excludes halogenated alkanes) is 1. The Morgan fingerprint density at radius 2 is 1.79 bits per heavy atom. The van der Waals surface area contributed by atoms with Crippen LogP contribution in [0.15, 0.2) is 33.9 Å². The minimum Gasteiger partial charge on any atom is -0.321 e. The van der Waals surface area contributed by atoms with E-state index < -0.39 is 0 Å². The van der Waals surface area contributed by atoms with Gasteiger partial charge < -0.3 is 4.57 Å². The molecule has 0 aliphatic heterocycles. The minimum atomic E-state index is -0.383. The summed E-state index contributed by atoms with van der Waals surface area (Å²) in [5.74, 6) is 0.800. The predicted molar refractivity (Wildman–Crippen MR) is 112 cm³/mol. The Labute approximate surface area is 164 Å². The monoisotopic (exact) mass is 383 g/mol. The van der Waals surface area contributed by atoms with E-state index in [4.69, 9.17) is 4.98 Å². The SMILES string of the molecule is CCCCn1c(=O)[nH]c(=O)c2c1nc(CN(C)Cc1ccc(C)cc1)n2CC. The number of fused-ring (bicyclic) bond motifs is 1. The third-order valence-electron chi connectivity index (χ3n) is 5.00. The minimum absolute atomic E-state index is 0.366. The summed E-state index contributed by atoms with van der Waals surface area (Å²) in [6.07, 6.45) is 1.83. The summed E-state index contributed by atoms with van der Waals surface area (Å²) in [5.41, 5.74) is 2.69. The fourth-order valence-electron chi connectivity index (χ4n) is 3.51. The lowest BCUT2D eigenvalue weighted by Crippen LogP contribution is -2.31. The van der Waals surface area contributed by atoms with Crippen molar-refractivity contribution in [2.45, 2.75) is 59.8 Å². The van der Waals surface area contributed by atoms with Gasteiger partial charge >= 0.3 is 5.69 Å². The molecule has 28 heavy (non-hydrogen) atoms. The van der Waals surface area contributed by atoms with Crippen molar-refractivity contribution in [3.05, 3.63) is 62.1 Å². The standard InChI is InChI=1S/C21H29N5O2/c1-5-7-12-26-19-18(20(27)23-21(26)28)25(6-2)17(22-19)14-24(4)13-16-10-8-15(3)9-11-16/h8-11H,5-7,12-14H2,1-4H3,(H,23,27,28). The van der Waals surface area contributed by atoms with E-state index in [1.54, 1.807) is 4.57 Å². The van der Waals surface area contributed by atoms with Crippen LogP contribution in [0.4, 0.5) is 0 Å². The molecule has 1 N–H and O–H groups in total. The van der Waals surface area contributed by atoms with Gasteiger partial charge in [0, 0.05) is 19.6 Å². The molecule has 2 heterocycles. The largest absolute Gasteiger partial charge is 0.330 e. The van der Waals surface area contributed by atoms with Crippen molar-refractivity contribution in [3.63, 3.8) is 0 Å². The van der Waals surface area contributed by atoms with Crippen LogP contribution in [0.1, 0.15) is 43.6 Å². The molecule has 3 aromatic rings. The summed E-state index contributed by atoms with van der Waals surface area (Å²) < 4.78 is 3.51. The molecular weight excluding hydrogens is 354 g/mol. The average Bonchev–Trinajstić information content (AvgIpc) is 3.01. The molecule has 0 aliphatic rings. The molecule has 0 saturated heterocycles. The molecule has 0 bridgehead atoms. The van der Waals surface area contributed by atoms with Gasteiger partial charge in [-0.1, -0.05) is 43.2 Å². The molecule has 2 aromatic heterocycles. The summed E-state index contributed by atoms with van der Waals surface area (Å²) in [6, 6.07) is 8.47. The Bertz CT molecular complexity index is 1060. The lowest BCUT2D eigenvalue weighted by Gasteiger charge is -2.17. The van der Waals surface area contributed by atoms with E-state index in [1.165, 1.54) is 11.1 Å². The Balaban J connectivity index is 1.96. The molecule has 3 rings (SSSR count). The maximum Gasteiger partial charge on any atom is 0.330 e. The van der Waals surface area contributed by atoms with Crippen LogP contribution in [-0.4, -0.2) is 31.0 Å². The third kappa shape index (κ3) is 4.09. The van der Waals surface area contributed by atoms with Gasteiger partial charge in [0.15, 0.2) is 11.2 Å². The molecule has 0 fully saturated rings. The van der Waals surface area contributed by atoms with Gasteiger partial charge in [0.2, 0.25) is 0 Å². The molecule has 0 amide bonds. The van der Waals surface area contributed by atoms with Crippen LogP contribution in [-0.2, 0) is 26.2 Å². The second-order valence-corrected chi connectivity index (χ2v) is 7.37. The maximum atomic E-state index is 12.5. The zero-order chi connectivity index (χ0) is 20.3. The van der Waals surface area contributed by atoms with E-state index in [-0.39, 0.29) is 11.2 Å². The highest BCUT2D eigenvalue weighted by Crippen LogP contribution is 2.15. The number of aryl methyl sites for hydroxylation is 3. The molecular formula is C21H29N5O2. The third-order valence-corrected chi connectivity index (χ3v) is 5.00. The summed E-state index contributed by atoms with van der Waals surface area (Å²) in [5, 5.41) is 0. The van der Waals surface area contributed by atoms with Crippen LogP contribution in [0.2, 0.25) is 0 Å². The molecule has 0 radical (unpaired) electrons. The average molecular weight is 383 g/mol. The molecule has 7 heteroatoms. The van der Waals surface area contributed by atoms with Gasteiger partial charge in [-0.05, 0) is 32.9 Å². The van der Waals surface area contributed by atoms with Crippen molar-refractivity contribution in [1.29, 1.82) is 0 Å². The topological polar surface area (TPSA) is 75.9 Å². The summed E-state index contributed by atoms with van der Waals surface area (Å²) in [4.78, 5) is 34.1. The first kappa shape index (κ1) is 20.1. The van der Waals surface area contributed by atoms with Gasteiger partial charge in [-0.2, -0.15) is 0 Å². The predicted octanol–water partition coefficient (Wildman–Crippen LogP) is 2.65. The molecule has 1 aromatic carbocycles. The van der Waals surface area contributed by atoms with E-state index >= 15 is 0 Å². The lowest BCUT2D eigenvalue weighted by atomic mass is 10.1. The van der Waals surface area contributed by atoms with Crippen LogP contribution in [0.25, 0.3) is 11.2 Å². The fourth-order valence-corrected chi connectivity index (χ4v) is 3.51. The number of aromatic amines is 1. The van der Waals surface area contributed by atoms with Gasteiger partial charge in [-0.15, -0.1) is 0 Å². The lowest BCUT2D eigenvalue weighted by molar-refractivity contribution is 0.306. The van der Waals surface area contributed by atoms with Crippen molar-refractivity contribution in [2.75, 3.05) is 7.05 Å². The van der Waals surface area contributed by atoms with E-state index in [1.807, 2.05) is 18.5 Å². The number of nitrogens with zero attached hydrogens (tertiary/aromatic N) is 4. The first-order valence-electron chi connectivity index (χ1n) is 9.90. The number of nitrogens with one attached hydrogen (secondary N) is 1. The Kier molecular flexibility index (Phi) is 6.14. The Morgan fingerprint density at radius 1 is 1.07 bits per heavy atom. The Morgan fingerprint density at radius 3 is 2.43 bits per heavy atom. The van der Waals surface area contributed by atoms with Crippen LogP contribution in [0, 0.1) is 6.92 Å². The number of aromatic nitrogens is 4. The number of rotatable bonds is 8. The number of benzene rings is 1. The number of hydrogen-bond acceptors (Lipinski definition) is 4.